The van der Waals surface area contributed by atoms with Gasteiger partial charge in [-0.3, -0.25) is 4.79 Å². The van der Waals surface area contributed by atoms with Crippen LogP contribution >= 0.6 is 11.6 Å². The number of carbonyl (C=O) groups is 1. The summed E-state index contributed by atoms with van der Waals surface area (Å²) in [6, 6.07) is 1.74. The molecule has 11 heavy (non-hydrogen) atoms. The van der Waals surface area contributed by atoms with Gasteiger partial charge < -0.3 is 0 Å². The first-order valence-electron chi connectivity index (χ1n) is 3.19. The lowest BCUT2D eigenvalue weighted by Crippen LogP contribution is -2.03. The van der Waals surface area contributed by atoms with Crippen molar-refractivity contribution in [2.75, 3.05) is 0 Å². The Bertz CT molecular complexity index is 229. The van der Waals surface area contributed by atoms with Crippen molar-refractivity contribution in [3.8, 4) is 6.07 Å². The molecule has 0 heterocycles. The van der Waals surface area contributed by atoms with E-state index in [9.17, 15) is 4.79 Å². The Morgan fingerprint density at radius 1 is 1.55 bits per heavy atom. The molecule has 0 unspecified atom stereocenters. The van der Waals surface area contributed by atoms with Gasteiger partial charge in [0, 0.05) is 0 Å². The van der Waals surface area contributed by atoms with Crippen molar-refractivity contribution in [2.45, 2.75) is 20.8 Å². The summed E-state index contributed by atoms with van der Waals surface area (Å²) in [5.74, 6) is 0. The quantitative estimate of drug-likeness (QED) is 0.345. The zero-order valence-corrected chi connectivity index (χ0v) is 7.57. The average Bonchev–Trinajstić information content (AvgIpc) is 1.80. The molecule has 0 aromatic rings. The number of halogens is 1. The van der Waals surface area contributed by atoms with E-state index in [2.05, 4.69) is 0 Å². The summed E-state index contributed by atoms with van der Waals surface area (Å²) in [6.07, 6.45) is 1.56. The number of rotatable bonds is 1. The van der Waals surface area contributed by atoms with Crippen LogP contribution in [0.4, 0.5) is 0 Å². The van der Waals surface area contributed by atoms with Crippen LogP contribution in [0.3, 0.4) is 0 Å². The number of hydrogen-bond donors (Lipinski definition) is 0. The Balaban J connectivity index is 4.68. The van der Waals surface area contributed by atoms with E-state index < -0.39 is 5.24 Å². The van der Waals surface area contributed by atoms with E-state index >= 15 is 0 Å². The molecule has 0 saturated carbocycles. The lowest BCUT2D eigenvalue weighted by Gasteiger charge is -2.11. The van der Waals surface area contributed by atoms with Gasteiger partial charge in [0.25, 0.3) is 5.24 Å². The van der Waals surface area contributed by atoms with Gasteiger partial charge in [0.2, 0.25) is 0 Å². The molecule has 0 amide bonds. The maximum Gasteiger partial charge on any atom is 0.262 e. The molecule has 0 radical (unpaired) electrons. The zero-order valence-electron chi connectivity index (χ0n) is 6.81. The highest BCUT2D eigenvalue weighted by Gasteiger charge is 2.12. The van der Waals surface area contributed by atoms with Crippen LogP contribution in [-0.4, -0.2) is 5.24 Å². The first kappa shape index (κ1) is 10.2. The van der Waals surface area contributed by atoms with E-state index in [1.54, 1.807) is 12.1 Å². The summed E-state index contributed by atoms with van der Waals surface area (Å²) >= 11 is 5.12. The summed E-state index contributed by atoms with van der Waals surface area (Å²) in [7, 11) is 0. The largest absolute Gasteiger partial charge is 0.275 e. The highest BCUT2D eigenvalue weighted by atomic mass is 35.5. The fourth-order valence-corrected chi connectivity index (χ4v) is 0.663. The van der Waals surface area contributed by atoms with Crippen LogP contribution in [0.25, 0.3) is 0 Å². The van der Waals surface area contributed by atoms with Crippen molar-refractivity contribution in [2.24, 2.45) is 5.41 Å². The molecular weight excluding hydrogens is 162 g/mol. The minimum absolute atomic E-state index is 0.0131. The van der Waals surface area contributed by atoms with Gasteiger partial charge in [-0.15, -0.1) is 0 Å². The van der Waals surface area contributed by atoms with E-state index in [4.69, 9.17) is 16.9 Å². The number of nitrogens with zero attached hydrogens (tertiary/aromatic N) is 1. The Morgan fingerprint density at radius 2 is 2.00 bits per heavy atom. The third-order valence-electron chi connectivity index (χ3n) is 0.910. The van der Waals surface area contributed by atoms with Gasteiger partial charge in [-0.2, -0.15) is 5.26 Å². The van der Waals surface area contributed by atoms with Crippen LogP contribution < -0.4 is 0 Å². The van der Waals surface area contributed by atoms with Gasteiger partial charge in [0.15, 0.2) is 0 Å². The minimum Gasteiger partial charge on any atom is -0.275 e. The zero-order chi connectivity index (χ0) is 9.07. The van der Waals surface area contributed by atoms with Gasteiger partial charge in [-0.1, -0.05) is 26.8 Å². The molecule has 0 saturated heterocycles. The Kier molecular flexibility index (Phi) is 3.28. The molecule has 0 aromatic heterocycles. The van der Waals surface area contributed by atoms with Crippen molar-refractivity contribution in [1.29, 1.82) is 5.26 Å². The van der Waals surface area contributed by atoms with Crippen molar-refractivity contribution >= 4 is 16.8 Å². The average molecular weight is 172 g/mol. The summed E-state index contributed by atoms with van der Waals surface area (Å²) < 4.78 is 0. The van der Waals surface area contributed by atoms with Gasteiger partial charge in [-0.05, 0) is 17.0 Å². The second kappa shape index (κ2) is 3.54. The second-order valence-corrected chi connectivity index (χ2v) is 3.65. The molecule has 60 valence electrons. The number of nitriles is 1. The highest BCUT2D eigenvalue weighted by molar-refractivity contribution is 6.68. The Morgan fingerprint density at radius 3 is 2.09 bits per heavy atom. The molecule has 0 aromatic carbocycles. The summed E-state index contributed by atoms with van der Waals surface area (Å²) in [6.45, 7) is 5.68. The van der Waals surface area contributed by atoms with Gasteiger partial charge in [-0.25, -0.2) is 0 Å². The van der Waals surface area contributed by atoms with Crippen LogP contribution in [0, 0.1) is 16.7 Å². The number of allylic oxidation sites excluding steroid dienone is 2. The van der Waals surface area contributed by atoms with Crippen LogP contribution in [-0.2, 0) is 4.79 Å². The van der Waals surface area contributed by atoms with Crippen molar-refractivity contribution in [3.05, 3.63) is 11.6 Å². The highest BCUT2D eigenvalue weighted by Crippen LogP contribution is 2.18. The fraction of sp³-hybridized carbons (Fsp3) is 0.500. The van der Waals surface area contributed by atoms with E-state index in [0.717, 1.165) is 0 Å². The van der Waals surface area contributed by atoms with E-state index in [1.165, 1.54) is 0 Å². The van der Waals surface area contributed by atoms with Crippen LogP contribution in [0.1, 0.15) is 20.8 Å². The second-order valence-electron chi connectivity index (χ2n) is 3.31. The maximum atomic E-state index is 10.5. The standard InChI is InChI=1S/C8H10ClNO/c1-8(2,3)4-6(5-10)7(9)11/h4H,1-3H3/b6-4+. The molecule has 0 N–H and O–H groups in total. The predicted octanol–water partition coefficient (Wildman–Crippen LogP) is 2.25. The molecule has 0 rings (SSSR count). The lowest BCUT2D eigenvalue weighted by molar-refractivity contribution is -0.108. The fourth-order valence-electron chi connectivity index (χ4n) is 0.566. The first-order valence-corrected chi connectivity index (χ1v) is 3.57. The molecule has 0 spiro atoms. The maximum absolute atomic E-state index is 10.5. The molecule has 0 aliphatic heterocycles. The molecule has 0 atom stereocenters. The van der Waals surface area contributed by atoms with Crippen LogP contribution in [0.15, 0.2) is 11.6 Å². The normalized spacial score (nSPS) is 12.5. The number of hydrogen-bond acceptors (Lipinski definition) is 2. The third-order valence-corrected chi connectivity index (χ3v) is 1.11. The minimum atomic E-state index is -0.692. The number of carbonyl (C=O) groups excluding carboxylic acids is 1. The van der Waals surface area contributed by atoms with E-state index in [0.29, 0.717) is 0 Å². The Hall–Kier alpha value is -0.810. The predicted molar refractivity (Wildman–Crippen MR) is 44.0 cm³/mol. The smallest absolute Gasteiger partial charge is 0.262 e. The van der Waals surface area contributed by atoms with E-state index in [1.807, 2.05) is 20.8 Å². The summed E-state index contributed by atoms with van der Waals surface area (Å²) in [5.41, 5.74) is -0.172. The van der Waals surface area contributed by atoms with Gasteiger partial charge in [0.1, 0.15) is 11.6 Å². The summed E-state index contributed by atoms with van der Waals surface area (Å²) in [5, 5.41) is 7.74. The lowest BCUT2D eigenvalue weighted by atomic mass is 9.94. The van der Waals surface area contributed by atoms with Crippen LogP contribution in [0.5, 0.6) is 0 Å². The summed E-state index contributed by atoms with van der Waals surface area (Å²) in [4.78, 5) is 10.5. The molecule has 3 heteroatoms. The van der Waals surface area contributed by atoms with Crippen LogP contribution in [0.2, 0.25) is 0 Å². The monoisotopic (exact) mass is 171 g/mol. The molecule has 0 fully saturated rings. The first-order chi connectivity index (χ1) is 4.87. The van der Waals surface area contributed by atoms with Crippen molar-refractivity contribution < 1.29 is 4.79 Å². The Labute approximate surface area is 71.5 Å². The third kappa shape index (κ3) is 4.58. The molecule has 0 aliphatic carbocycles. The van der Waals surface area contributed by atoms with E-state index in [-0.39, 0.29) is 11.0 Å². The van der Waals surface area contributed by atoms with Gasteiger partial charge in [0.05, 0.1) is 0 Å². The SMILES string of the molecule is CC(C)(C)/C=C(\C#N)C(=O)Cl. The van der Waals surface area contributed by atoms with Gasteiger partial charge >= 0.3 is 0 Å². The molecule has 0 bridgehead atoms. The topological polar surface area (TPSA) is 40.9 Å². The molecule has 2 nitrogen and oxygen atoms in total. The molecule has 0 aliphatic rings. The van der Waals surface area contributed by atoms with Crippen molar-refractivity contribution in [1.82, 2.24) is 0 Å². The van der Waals surface area contributed by atoms with Crippen molar-refractivity contribution in [3.63, 3.8) is 0 Å². The molecular formula is C8H10ClNO.